The predicted molar refractivity (Wildman–Crippen MR) is 57.7 cm³/mol. The Morgan fingerprint density at radius 3 is 2.00 bits per heavy atom. The molecule has 0 amide bonds. The lowest BCUT2D eigenvalue weighted by Crippen LogP contribution is -2.24. The first-order chi connectivity index (χ1) is 5.81. The van der Waals surface area contributed by atoms with Gasteiger partial charge in [0.15, 0.2) is 0 Å². The number of hydrogen-bond acceptors (Lipinski definition) is 0. The van der Waals surface area contributed by atoms with Gasteiger partial charge in [0.25, 0.3) is 0 Å². The van der Waals surface area contributed by atoms with Crippen molar-refractivity contribution in [2.75, 3.05) is 0 Å². The fourth-order valence-corrected chi connectivity index (χ4v) is 4.67. The minimum Gasteiger partial charge on any atom is -0.0533 e. The van der Waals surface area contributed by atoms with Crippen molar-refractivity contribution in [1.82, 2.24) is 0 Å². The van der Waals surface area contributed by atoms with E-state index in [9.17, 15) is 0 Å². The van der Waals surface area contributed by atoms with Gasteiger partial charge in [-0.05, 0) is 11.0 Å². The molecule has 0 heterocycles. The van der Waals surface area contributed by atoms with Crippen molar-refractivity contribution in [3.05, 3.63) is 0 Å². The summed E-state index contributed by atoms with van der Waals surface area (Å²) in [7, 11) is 1.47. The van der Waals surface area contributed by atoms with E-state index in [2.05, 4.69) is 0 Å². The minimum absolute atomic E-state index is 0.898. The van der Waals surface area contributed by atoms with Crippen LogP contribution in [0.2, 0.25) is 5.04 Å². The topological polar surface area (TPSA) is 0 Å². The van der Waals surface area contributed by atoms with Crippen LogP contribution in [0.5, 0.6) is 0 Å². The Morgan fingerprint density at radius 2 is 1.42 bits per heavy atom. The lowest BCUT2D eigenvalue weighted by Gasteiger charge is -2.39. The number of hydrogen-bond donors (Lipinski definition) is 0. The Kier molecular flexibility index (Phi) is 2.59. The third-order valence-corrected chi connectivity index (χ3v) is 6.15. The van der Waals surface area contributed by atoms with Gasteiger partial charge in [0.1, 0.15) is 0 Å². The Bertz CT molecular complexity index is 141. The molecule has 0 spiro atoms. The Morgan fingerprint density at radius 1 is 0.833 bits per heavy atom. The van der Waals surface area contributed by atoms with E-state index in [-0.39, 0.29) is 0 Å². The van der Waals surface area contributed by atoms with Crippen molar-refractivity contribution < 1.29 is 0 Å². The third kappa shape index (κ3) is 1.61. The summed E-state index contributed by atoms with van der Waals surface area (Å²) in [6.07, 6.45) is 14.0. The minimum atomic E-state index is 0.898. The summed E-state index contributed by atoms with van der Waals surface area (Å²) in [5.74, 6) is 1.16. The van der Waals surface area contributed by atoms with E-state index in [1.165, 1.54) is 29.5 Å². The van der Waals surface area contributed by atoms with Gasteiger partial charge in [-0.25, -0.2) is 0 Å². The van der Waals surface area contributed by atoms with E-state index in [0.29, 0.717) is 0 Å². The molecular formula is C11H22Si. The highest BCUT2D eigenvalue weighted by Crippen LogP contribution is 2.52. The second kappa shape index (κ2) is 3.53. The molecule has 0 bridgehead atoms. The van der Waals surface area contributed by atoms with Crippen molar-refractivity contribution >= 4 is 10.2 Å². The Balaban J connectivity index is 1.97. The summed E-state index contributed by atoms with van der Waals surface area (Å²) in [6, 6.07) is 0. The molecule has 1 heteroatoms. The monoisotopic (exact) mass is 182 g/mol. The smallest absolute Gasteiger partial charge is 0.0110 e. The fraction of sp³-hybridized carbons (Fsp3) is 1.00. The van der Waals surface area contributed by atoms with Gasteiger partial charge < -0.3 is 0 Å². The molecule has 2 saturated carbocycles. The molecular weight excluding hydrogens is 160 g/mol. The summed E-state index contributed by atoms with van der Waals surface area (Å²) < 4.78 is 0. The normalized spacial score (nSPS) is 31.0. The van der Waals surface area contributed by atoms with Crippen LogP contribution in [0.15, 0.2) is 0 Å². The van der Waals surface area contributed by atoms with E-state index in [4.69, 9.17) is 0 Å². The van der Waals surface area contributed by atoms with Gasteiger partial charge in [-0.2, -0.15) is 0 Å². The molecule has 0 aliphatic heterocycles. The summed E-state index contributed by atoms with van der Waals surface area (Å²) in [4.78, 5) is 0. The van der Waals surface area contributed by atoms with Crippen molar-refractivity contribution in [2.45, 2.75) is 62.8 Å². The molecule has 0 aromatic heterocycles. The van der Waals surface area contributed by atoms with Crippen LogP contribution in [-0.2, 0) is 0 Å². The highest BCUT2D eigenvalue weighted by atomic mass is 28.1. The van der Waals surface area contributed by atoms with Crippen molar-refractivity contribution in [3.8, 4) is 0 Å². The van der Waals surface area contributed by atoms with Crippen LogP contribution in [0.4, 0.5) is 0 Å². The molecule has 0 N–H and O–H groups in total. The average Bonchev–Trinajstić information content (AvgIpc) is 2.58. The molecule has 2 aliphatic carbocycles. The zero-order valence-electron chi connectivity index (χ0n) is 8.44. The second-order valence-electron chi connectivity index (χ2n) is 5.20. The van der Waals surface area contributed by atoms with Crippen LogP contribution >= 0.6 is 0 Å². The first kappa shape index (κ1) is 8.80. The quantitative estimate of drug-likeness (QED) is 0.547. The van der Waals surface area contributed by atoms with E-state index in [0.717, 1.165) is 11.0 Å². The molecule has 2 aliphatic rings. The molecule has 70 valence electrons. The standard InChI is InChI=1S/C11H22Si/c12-11(8-4-1-5-9-11)10-6-2-3-7-10/h10H,1-9H2,12H3. The van der Waals surface area contributed by atoms with Crippen LogP contribution in [0.3, 0.4) is 0 Å². The molecule has 0 atom stereocenters. The largest absolute Gasteiger partial charge is 0.0533 e. The zero-order valence-corrected chi connectivity index (χ0v) is 10.4. The molecule has 2 rings (SSSR count). The Hall–Kier alpha value is 0.217. The molecule has 0 unspecified atom stereocenters. The summed E-state index contributed by atoms with van der Waals surface area (Å²) in [6.45, 7) is 0. The van der Waals surface area contributed by atoms with E-state index in [1.807, 2.05) is 0 Å². The van der Waals surface area contributed by atoms with Crippen LogP contribution in [-0.4, -0.2) is 10.2 Å². The first-order valence-corrected chi connectivity index (χ1v) is 6.81. The van der Waals surface area contributed by atoms with Gasteiger partial charge in [-0.15, -0.1) is 0 Å². The van der Waals surface area contributed by atoms with E-state index in [1.54, 1.807) is 38.5 Å². The van der Waals surface area contributed by atoms with Gasteiger partial charge in [-0.1, -0.05) is 57.8 Å². The maximum atomic E-state index is 1.59. The lowest BCUT2D eigenvalue weighted by atomic mass is 9.78. The average molecular weight is 182 g/mol. The van der Waals surface area contributed by atoms with E-state index < -0.39 is 0 Å². The number of rotatable bonds is 1. The van der Waals surface area contributed by atoms with Crippen molar-refractivity contribution in [1.29, 1.82) is 0 Å². The molecule has 0 aromatic carbocycles. The van der Waals surface area contributed by atoms with Crippen LogP contribution < -0.4 is 0 Å². The van der Waals surface area contributed by atoms with Gasteiger partial charge >= 0.3 is 0 Å². The lowest BCUT2D eigenvalue weighted by molar-refractivity contribution is 0.272. The first-order valence-electron chi connectivity index (χ1n) is 5.81. The zero-order chi connectivity index (χ0) is 8.44. The molecule has 0 radical (unpaired) electrons. The highest BCUT2D eigenvalue weighted by molar-refractivity contribution is 6.15. The Labute approximate surface area is 79.5 Å². The predicted octanol–water partition coefficient (Wildman–Crippen LogP) is 2.66. The second-order valence-corrected chi connectivity index (χ2v) is 7.19. The van der Waals surface area contributed by atoms with Crippen LogP contribution in [0.1, 0.15) is 57.8 Å². The van der Waals surface area contributed by atoms with Gasteiger partial charge in [-0.3, -0.25) is 0 Å². The maximum absolute atomic E-state index is 1.59. The summed E-state index contributed by atoms with van der Waals surface area (Å²) in [5, 5.41) is 0.898. The molecule has 0 nitrogen and oxygen atoms in total. The summed E-state index contributed by atoms with van der Waals surface area (Å²) >= 11 is 0. The molecule has 12 heavy (non-hydrogen) atoms. The van der Waals surface area contributed by atoms with Gasteiger partial charge in [0.05, 0.1) is 0 Å². The fourth-order valence-electron chi connectivity index (χ4n) is 3.39. The van der Waals surface area contributed by atoms with Crippen molar-refractivity contribution in [2.24, 2.45) is 5.92 Å². The van der Waals surface area contributed by atoms with E-state index >= 15 is 0 Å². The third-order valence-electron chi connectivity index (χ3n) is 4.34. The molecule has 2 fully saturated rings. The SMILES string of the molecule is [SiH3]C1(C2CCCC2)CCCCC1. The molecule has 0 aromatic rings. The highest BCUT2D eigenvalue weighted by Gasteiger charge is 2.36. The molecule has 0 saturated heterocycles. The van der Waals surface area contributed by atoms with Crippen LogP contribution in [0, 0.1) is 5.92 Å². The summed E-state index contributed by atoms with van der Waals surface area (Å²) in [5.41, 5.74) is 0. The van der Waals surface area contributed by atoms with Crippen LogP contribution in [0.25, 0.3) is 0 Å². The van der Waals surface area contributed by atoms with Gasteiger partial charge in [0, 0.05) is 10.2 Å². The van der Waals surface area contributed by atoms with Gasteiger partial charge in [0.2, 0.25) is 0 Å². The van der Waals surface area contributed by atoms with Crippen molar-refractivity contribution in [3.63, 3.8) is 0 Å². The maximum Gasteiger partial charge on any atom is 0.0110 e.